The summed E-state index contributed by atoms with van der Waals surface area (Å²) in [5.41, 5.74) is 0.383. The number of fused-ring (bicyclic) bond motifs is 1. The van der Waals surface area contributed by atoms with E-state index < -0.39 is 12.1 Å². The van der Waals surface area contributed by atoms with Crippen LogP contribution in [-0.2, 0) is 28.5 Å². The highest BCUT2D eigenvalue weighted by Gasteiger charge is 2.51. The first kappa shape index (κ1) is 18.1. The Labute approximate surface area is 160 Å². The maximum atomic E-state index is 11.8. The van der Waals surface area contributed by atoms with Gasteiger partial charge in [0.1, 0.15) is 25.1 Å². The number of esters is 1. The van der Waals surface area contributed by atoms with E-state index in [1.807, 2.05) is 0 Å². The quantitative estimate of drug-likeness (QED) is 0.402. The van der Waals surface area contributed by atoms with Crippen LogP contribution in [-0.4, -0.2) is 56.5 Å². The number of rotatable bonds is 6. The normalized spacial score (nSPS) is 47.2. The first-order valence-electron chi connectivity index (χ1n) is 10.4. The molecule has 4 atom stereocenters. The minimum absolute atomic E-state index is 0.166. The van der Waals surface area contributed by atoms with E-state index >= 15 is 0 Å². The molecule has 0 radical (unpaired) electrons. The predicted octanol–water partition coefficient (Wildman–Crippen LogP) is 2.46. The highest BCUT2D eigenvalue weighted by molar-refractivity contribution is 5.87. The Morgan fingerprint density at radius 3 is 2.15 bits per heavy atom. The molecular formula is C21H30O6. The molecular weight excluding hydrogens is 348 g/mol. The van der Waals surface area contributed by atoms with Crippen LogP contribution in [0.2, 0.25) is 0 Å². The molecule has 6 rings (SSSR count). The molecule has 0 spiro atoms. The topological polar surface area (TPSA) is 63.2 Å². The minimum atomic E-state index is -0.401. The summed E-state index contributed by atoms with van der Waals surface area (Å²) in [4.78, 5) is 11.8. The highest BCUT2D eigenvalue weighted by Crippen LogP contribution is 2.54. The number of carbonyl (C=O) groups excluding carboxylic acids is 1. The van der Waals surface area contributed by atoms with Crippen molar-refractivity contribution in [2.24, 2.45) is 23.7 Å². The first-order chi connectivity index (χ1) is 13.1. The molecule has 6 heteroatoms. The second kappa shape index (κ2) is 7.14. The van der Waals surface area contributed by atoms with Crippen molar-refractivity contribution in [1.82, 2.24) is 0 Å². The molecule has 4 aliphatic carbocycles. The van der Waals surface area contributed by atoms with Crippen LogP contribution in [0.25, 0.3) is 0 Å². The molecule has 0 amide bonds. The third-order valence-corrected chi connectivity index (χ3v) is 7.25. The van der Waals surface area contributed by atoms with Gasteiger partial charge in [-0.05, 0) is 62.7 Å². The number of carbonyl (C=O) groups is 1. The highest BCUT2D eigenvalue weighted by atomic mass is 16.7. The summed E-state index contributed by atoms with van der Waals surface area (Å²) in [6.07, 6.45) is 6.16. The molecule has 4 saturated carbocycles. The van der Waals surface area contributed by atoms with Crippen LogP contribution in [0.1, 0.15) is 39.0 Å². The van der Waals surface area contributed by atoms with Crippen molar-refractivity contribution in [3.05, 3.63) is 12.2 Å². The van der Waals surface area contributed by atoms with Gasteiger partial charge in [0.05, 0.1) is 19.3 Å². The van der Waals surface area contributed by atoms with Gasteiger partial charge in [-0.1, -0.05) is 6.58 Å². The van der Waals surface area contributed by atoms with Crippen molar-refractivity contribution < 1.29 is 28.5 Å². The maximum absolute atomic E-state index is 11.8. The first-order valence-corrected chi connectivity index (χ1v) is 10.4. The SMILES string of the molecule is C=C(C)C(=O)O[C@@H]1CO[C@H]2[C@@H]1OC[C@H]2OCOC1C2CC3CC(C2)CC1C3. The largest absolute Gasteiger partial charge is 0.454 e. The standard InChI is InChI=1S/C21H30O6/c1-11(2)21(22)27-17-9-24-19-16(8-23-20(17)19)25-10-26-18-14-4-12-3-13(6-14)7-15(18)5-12/h12-20H,1,3-10H2,2H3/t12?,13?,14?,15?,16-,17-,18?,19-,20-/m1/s1. The molecule has 27 heavy (non-hydrogen) atoms. The van der Waals surface area contributed by atoms with Crippen molar-refractivity contribution in [2.75, 3.05) is 20.0 Å². The Kier molecular flexibility index (Phi) is 4.79. The van der Waals surface area contributed by atoms with Gasteiger partial charge in [-0.25, -0.2) is 4.79 Å². The molecule has 0 aromatic carbocycles. The molecule has 2 heterocycles. The zero-order valence-corrected chi connectivity index (χ0v) is 16.0. The molecule has 0 aromatic heterocycles. The molecule has 0 aromatic rings. The Balaban J connectivity index is 1.10. The predicted molar refractivity (Wildman–Crippen MR) is 95.8 cm³/mol. The number of hydrogen-bond acceptors (Lipinski definition) is 6. The molecule has 2 saturated heterocycles. The Morgan fingerprint density at radius 1 is 0.926 bits per heavy atom. The van der Waals surface area contributed by atoms with E-state index in [-0.39, 0.29) is 18.3 Å². The lowest BCUT2D eigenvalue weighted by Gasteiger charge is -2.53. The van der Waals surface area contributed by atoms with E-state index in [4.69, 9.17) is 23.7 Å². The zero-order valence-electron chi connectivity index (χ0n) is 16.0. The lowest BCUT2D eigenvalue weighted by molar-refractivity contribution is -0.194. The van der Waals surface area contributed by atoms with Crippen LogP contribution in [0.3, 0.4) is 0 Å². The fraction of sp³-hybridized carbons (Fsp3) is 0.857. The average Bonchev–Trinajstić information content (AvgIpc) is 3.20. The average molecular weight is 378 g/mol. The van der Waals surface area contributed by atoms with Gasteiger partial charge in [0.2, 0.25) is 0 Å². The summed E-state index contributed by atoms with van der Waals surface area (Å²) in [6, 6.07) is 0. The Hall–Kier alpha value is -0.950. The second-order valence-corrected chi connectivity index (χ2v) is 9.20. The van der Waals surface area contributed by atoms with Crippen LogP contribution in [0.4, 0.5) is 0 Å². The fourth-order valence-corrected chi connectivity index (χ4v) is 6.26. The van der Waals surface area contributed by atoms with Crippen LogP contribution >= 0.6 is 0 Å². The maximum Gasteiger partial charge on any atom is 0.333 e. The van der Waals surface area contributed by atoms with E-state index in [0.717, 1.165) is 23.7 Å². The van der Waals surface area contributed by atoms with E-state index in [0.29, 0.717) is 31.7 Å². The summed E-state index contributed by atoms with van der Waals surface area (Å²) < 4.78 is 29.3. The van der Waals surface area contributed by atoms with Crippen LogP contribution < -0.4 is 0 Å². The number of ether oxygens (including phenoxy) is 5. The molecule has 150 valence electrons. The Morgan fingerprint density at radius 2 is 1.52 bits per heavy atom. The third kappa shape index (κ3) is 3.35. The monoisotopic (exact) mass is 378 g/mol. The van der Waals surface area contributed by atoms with Gasteiger partial charge in [-0.15, -0.1) is 0 Å². The summed E-state index contributed by atoms with van der Waals surface area (Å²) in [5, 5.41) is 0. The molecule has 2 aliphatic heterocycles. The molecule has 6 fully saturated rings. The van der Waals surface area contributed by atoms with Crippen LogP contribution in [0.5, 0.6) is 0 Å². The van der Waals surface area contributed by atoms with Crippen molar-refractivity contribution in [2.45, 2.75) is 69.5 Å². The van der Waals surface area contributed by atoms with E-state index in [1.165, 1.54) is 32.1 Å². The van der Waals surface area contributed by atoms with Gasteiger partial charge in [-0.3, -0.25) is 0 Å². The molecule has 0 N–H and O–H groups in total. The third-order valence-electron chi connectivity index (χ3n) is 7.25. The van der Waals surface area contributed by atoms with Gasteiger partial charge in [0.25, 0.3) is 0 Å². The number of hydrogen-bond donors (Lipinski definition) is 0. The smallest absolute Gasteiger partial charge is 0.333 e. The van der Waals surface area contributed by atoms with Crippen molar-refractivity contribution >= 4 is 5.97 Å². The van der Waals surface area contributed by atoms with Gasteiger partial charge >= 0.3 is 5.97 Å². The van der Waals surface area contributed by atoms with E-state index in [2.05, 4.69) is 6.58 Å². The van der Waals surface area contributed by atoms with Gasteiger partial charge in [0, 0.05) is 5.57 Å². The van der Waals surface area contributed by atoms with Crippen molar-refractivity contribution in [3.8, 4) is 0 Å². The van der Waals surface area contributed by atoms with Gasteiger partial charge in [-0.2, -0.15) is 0 Å². The van der Waals surface area contributed by atoms with E-state index in [1.54, 1.807) is 6.92 Å². The van der Waals surface area contributed by atoms with Crippen molar-refractivity contribution in [3.63, 3.8) is 0 Å². The van der Waals surface area contributed by atoms with Crippen molar-refractivity contribution in [1.29, 1.82) is 0 Å². The second-order valence-electron chi connectivity index (χ2n) is 9.20. The van der Waals surface area contributed by atoms with Gasteiger partial charge in [0.15, 0.2) is 6.10 Å². The fourth-order valence-electron chi connectivity index (χ4n) is 6.26. The molecule has 0 unspecified atom stereocenters. The Bertz CT molecular complexity index is 575. The molecule has 6 aliphatic rings. The summed E-state index contributed by atoms with van der Waals surface area (Å²) in [5.74, 6) is 2.95. The lowest BCUT2D eigenvalue weighted by Crippen LogP contribution is -2.49. The summed E-state index contributed by atoms with van der Waals surface area (Å²) in [6.45, 7) is 6.33. The summed E-state index contributed by atoms with van der Waals surface area (Å²) in [7, 11) is 0. The zero-order chi connectivity index (χ0) is 18.5. The van der Waals surface area contributed by atoms with Crippen LogP contribution in [0.15, 0.2) is 12.2 Å². The lowest BCUT2D eigenvalue weighted by atomic mass is 9.55. The molecule has 6 nitrogen and oxygen atoms in total. The summed E-state index contributed by atoms with van der Waals surface area (Å²) >= 11 is 0. The van der Waals surface area contributed by atoms with Crippen LogP contribution in [0, 0.1) is 23.7 Å². The molecule has 4 bridgehead atoms. The van der Waals surface area contributed by atoms with Gasteiger partial charge < -0.3 is 23.7 Å². The minimum Gasteiger partial charge on any atom is -0.454 e. The van der Waals surface area contributed by atoms with E-state index in [9.17, 15) is 4.79 Å².